The molecule has 0 unspecified atom stereocenters. The summed E-state index contributed by atoms with van der Waals surface area (Å²) < 4.78 is 5.98. The van der Waals surface area contributed by atoms with Crippen molar-refractivity contribution < 1.29 is 24.4 Å². The summed E-state index contributed by atoms with van der Waals surface area (Å²) in [6.07, 6.45) is -1.34. The highest BCUT2D eigenvalue weighted by Crippen LogP contribution is 2.29. The van der Waals surface area contributed by atoms with Gasteiger partial charge in [-0.15, -0.1) is 0 Å². The molecule has 8 heteroatoms. The molecule has 0 amide bonds. The van der Waals surface area contributed by atoms with Gasteiger partial charge in [0.15, 0.2) is 6.10 Å². The molecule has 1 N–H and O–H groups in total. The van der Waals surface area contributed by atoms with Crippen LogP contribution in [0, 0.1) is 10.1 Å². The molecule has 0 heterocycles. The zero-order valence-electron chi connectivity index (χ0n) is 14.8. The summed E-state index contributed by atoms with van der Waals surface area (Å²) in [7, 11) is 0. The Balaban J connectivity index is 1.98. The fourth-order valence-corrected chi connectivity index (χ4v) is 3.00. The van der Waals surface area contributed by atoms with Gasteiger partial charge in [-0.05, 0) is 30.3 Å². The first-order valence-electron chi connectivity index (χ1n) is 8.40. The quantitative estimate of drug-likeness (QED) is 0.246. The molecule has 146 valence electrons. The summed E-state index contributed by atoms with van der Waals surface area (Å²) in [6.45, 7) is 0. The maximum Gasteiger partial charge on any atom is 0.343 e. The predicted molar refractivity (Wildman–Crippen MR) is 108 cm³/mol. The fraction of sp³-hybridized carbons (Fsp3) is 0.0476. The molecule has 29 heavy (non-hydrogen) atoms. The van der Waals surface area contributed by atoms with Crippen LogP contribution in [0.25, 0.3) is 0 Å². The number of ketones is 1. The summed E-state index contributed by atoms with van der Waals surface area (Å²) in [6, 6.07) is 17.6. The predicted octanol–water partition coefficient (Wildman–Crippen LogP) is 4.84. The van der Waals surface area contributed by atoms with Gasteiger partial charge < -0.3 is 9.84 Å². The Morgan fingerprint density at radius 3 is 2.28 bits per heavy atom. The molecule has 0 bridgehead atoms. The van der Waals surface area contributed by atoms with Crippen molar-refractivity contribution in [3.63, 3.8) is 0 Å². The highest BCUT2D eigenvalue weighted by Gasteiger charge is 2.28. The van der Waals surface area contributed by atoms with Gasteiger partial charge in [-0.25, -0.2) is 4.79 Å². The number of hydrogen-bond donors (Lipinski definition) is 1. The lowest BCUT2D eigenvalue weighted by Crippen LogP contribution is -2.20. The average Bonchev–Trinajstić information content (AvgIpc) is 2.73. The van der Waals surface area contributed by atoms with Crippen LogP contribution in [0.1, 0.15) is 32.4 Å². The molecule has 3 aromatic rings. The van der Waals surface area contributed by atoms with Crippen molar-refractivity contribution in [2.24, 2.45) is 0 Å². The molecule has 0 aromatic heterocycles. The lowest BCUT2D eigenvalue weighted by Gasteiger charge is -2.18. The smallest absolute Gasteiger partial charge is 0.343 e. The lowest BCUT2D eigenvalue weighted by atomic mass is 9.99. The van der Waals surface area contributed by atoms with Crippen molar-refractivity contribution in [3.05, 3.63) is 104 Å². The maximum atomic E-state index is 13.0. The van der Waals surface area contributed by atoms with Gasteiger partial charge in [0, 0.05) is 27.7 Å². The number of carbonyl (C=O) groups excluding carboxylic acids is 2. The first kappa shape index (κ1) is 20.2. The third kappa shape index (κ3) is 4.67. The minimum Gasteiger partial charge on any atom is -0.507 e. The van der Waals surface area contributed by atoms with Crippen molar-refractivity contribution in [1.82, 2.24) is 0 Å². The first-order chi connectivity index (χ1) is 13.9. The third-order valence-corrected chi connectivity index (χ3v) is 4.60. The monoisotopic (exact) mass is 455 g/mol. The van der Waals surface area contributed by atoms with E-state index in [9.17, 15) is 24.8 Å². The van der Waals surface area contributed by atoms with Crippen molar-refractivity contribution in [1.29, 1.82) is 0 Å². The summed E-state index contributed by atoms with van der Waals surface area (Å²) in [4.78, 5) is 36.0. The number of phenols is 1. The number of esters is 1. The summed E-state index contributed by atoms with van der Waals surface area (Å²) in [5.41, 5.74) is 0.303. The number of carbonyl (C=O) groups is 2. The molecular weight excluding hydrogens is 442 g/mol. The molecular formula is C21H14BrNO6. The van der Waals surface area contributed by atoms with Gasteiger partial charge in [-0.2, -0.15) is 0 Å². The van der Waals surface area contributed by atoms with Crippen LogP contribution in [0.5, 0.6) is 5.75 Å². The minimum atomic E-state index is -1.34. The number of nitrogens with zero attached hydrogens (tertiary/aromatic N) is 1. The molecule has 0 aliphatic carbocycles. The fourth-order valence-electron chi connectivity index (χ4n) is 2.64. The molecule has 0 aliphatic heterocycles. The summed E-state index contributed by atoms with van der Waals surface area (Å²) in [5.74, 6) is -1.70. The highest BCUT2D eigenvalue weighted by molar-refractivity contribution is 9.10. The van der Waals surface area contributed by atoms with Gasteiger partial charge in [0.2, 0.25) is 5.78 Å². The number of phenolic OH excluding ortho intramolecular Hbond substituents is 1. The highest BCUT2D eigenvalue weighted by atomic mass is 79.9. The number of hydrogen-bond acceptors (Lipinski definition) is 6. The number of rotatable bonds is 6. The average molecular weight is 456 g/mol. The van der Waals surface area contributed by atoms with E-state index >= 15 is 0 Å². The second kappa shape index (κ2) is 8.66. The Hall–Kier alpha value is -3.52. The molecule has 0 radical (unpaired) electrons. The van der Waals surface area contributed by atoms with Crippen LogP contribution < -0.4 is 0 Å². The largest absolute Gasteiger partial charge is 0.507 e. The lowest BCUT2D eigenvalue weighted by molar-refractivity contribution is -0.384. The van der Waals surface area contributed by atoms with E-state index in [1.807, 2.05) is 0 Å². The van der Waals surface area contributed by atoms with Crippen LogP contribution in [-0.4, -0.2) is 21.8 Å². The second-order valence-corrected chi connectivity index (χ2v) is 6.94. The first-order valence-corrected chi connectivity index (χ1v) is 9.19. The Bertz CT molecular complexity index is 1070. The molecule has 0 aliphatic rings. The van der Waals surface area contributed by atoms with Crippen molar-refractivity contribution >= 4 is 33.4 Å². The molecule has 0 spiro atoms. The van der Waals surface area contributed by atoms with Gasteiger partial charge in [-0.3, -0.25) is 14.9 Å². The number of benzene rings is 3. The van der Waals surface area contributed by atoms with Gasteiger partial charge >= 0.3 is 5.97 Å². The van der Waals surface area contributed by atoms with E-state index in [0.717, 1.165) is 0 Å². The molecule has 1 atom stereocenters. The molecule has 0 saturated carbocycles. The molecule has 7 nitrogen and oxygen atoms in total. The molecule has 0 fully saturated rings. The number of nitro groups is 1. The van der Waals surface area contributed by atoms with E-state index < -0.39 is 22.8 Å². The van der Waals surface area contributed by atoms with Gasteiger partial charge in [0.25, 0.3) is 5.69 Å². The Kier molecular flexibility index (Phi) is 6.04. The second-order valence-electron chi connectivity index (χ2n) is 6.03. The minimum absolute atomic E-state index is 0.118. The van der Waals surface area contributed by atoms with Crippen molar-refractivity contribution in [2.45, 2.75) is 6.10 Å². The van der Waals surface area contributed by atoms with E-state index in [0.29, 0.717) is 10.0 Å². The zero-order valence-corrected chi connectivity index (χ0v) is 16.4. The SMILES string of the molecule is O=C(O[C@@H](C(=O)c1ccccc1)c1ccc([N+](=O)[O-])cc1)c1cc(Br)ccc1O. The topological polar surface area (TPSA) is 107 Å². The maximum absolute atomic E-state index is 13.0. The number of aromatic hydroxyl groups is 1. The van der Waals surface area contributed by atoms with Gasteiger partial charge in [-0.1, -0.05) is 46.3 Å². The van der Waals surface area contributed by atoms with E-state index in [2.05, 4.69) is 15.9 Å². The van der Waals surface area contributed by atoms with Crippen LogP contribution >= 0.6 is 15.9 Å². The van der Waals surface area contributed by atoms with E-state index in [-0.39, 0.29) is 22.6 Å². The van der Waals surface area contributed by atoms with Crippen LogP contribution in [-0.2, 0) is 4.74 Å². The van der Waals surface area contributed by atoms with Gasteiger partial charge in [0.1, 0.15) is 11.3 Å². The van der Waals surface area contributed by atoms with E-state index in [1.165, 1.54) is 36.4 Å². The van der Waals surface area contributed by atoms with Crippen molar-refractivity contribution in [2.75, 3.05) is 0 Å². The van der Waals surface area contributed by atoms with Crippen LogP contribution in [0.3, 0.4) is 0 Å². The number of halogens is 1. The number of ether oxygens (including phenoxy) is 1. The van der Waals surface area contributed by atoms with E-state index in [4.69, 9.17) is 4.74 Å². The zero-order chi connectivity index (χ0) is 21.0. The van der Waals surface area contributed by atoms with Crippen LogP contribution in [0.4, 0.5) is 5.69 Å². The Morgan fingerprint density at radius 2 is 1.66 bits per heavy atom. The Morgan fingerprint density at radius 1 is 1.00 bits per heavy atom. The van der Waals surface area contributed by atoms with Crippen LogP contribution in [0.15, 0.2) is 77.3 Å². The third-order valence-electron chi connectivity index (χ3n) is 4.11. The van der Waals surface area contributed by atoms with E-state index in [1.54, 1.807) is 36.4 Å². The molecule has 0 saturated heterocycles. The molecule has 3 aromatic carbocycles. The number of Topliss-reactive ketones (excluding diaryl/α,β-unsaturated/α-hetero) is 1. The Labute approximate surface area is 173 Å². The van der Waals surface area contributed by atoms with Gasteiger partial charge in [0.05, 0.1) is 4.92 Å². The van der Waals surface area contributed by atoms with Crippen LogP contribution in [0.2, 0.25) is 0 Å². The summed E-state index contributed by atoms with van der Waals surface area (Å²) >= 11 is 3.21. The molecule has 3 rings (SSSR count). The normalized spacial score (nSPS) is 11.5. The summed E-state index contributed by atoms with van der Waals surface area (Å²) in [5, 5.41) is 20.9. The van der Waals surface area contributed by atoms with Crippen molar-refractivity contribution in [3.8, 4) is 5.75 Å². The standard InChI is InChI=1S/C21H14BrNO6/c22-15-8-11-18(24)17(12-15)21(26)29-20(19(25)13-4-2-1-3-5-13)14-6-9-16(10-7-14)23(27)28/h1-12,20,24H/t20-/m1/s1. The number of non-ortho nitro benzene ring substituents is 1. The number of nitro benzene ring substituents is 1.